The van der Waals surface area contributed by atoms with Crippen molar-refractivity contribution < 1.29 is 19.2 Å². The van der Waals surface area contributed by atoms with Gasteiger partial charge in [-0.1, -0.05) is 41.4 Å². The van der Waals surface area contributed by atoms with Gasteiger partial charge in [0.25, 0.3) is 0 Å². The van der Waals surface area contributed by atoms with Gasteiger partial charge in [0.05, 0.1) is 24.2 Å². The average Bonchev–Trinajstić information content (AvgIpc) is 2.57. The molecule has 0 aromatic heterocycles. The smallest absolute Gasteiger partial charge is 0.368 e. The monoisotopic (exact) mass is 368 g/mol. The van der Waals surface area contributed by atoms with Crippen molar-refractivity contribution in [3.05, 3.63) is 58.1 Å². The first-order valence-corrected chi connectivity index (χ1v) is 7.53. The summed E-state index contributed by atoms with van der Waals surface area (Å²) in [6.45, 7) is 0. The Labute approximate surface area is 148 Å². The highest BCUT2D eigenvalue weighted by Crippen LogP contribution is 2.34. The molecule has 0 spiro atoms. The number of nitrogens with zero attached hydrogens (tertiary/aromatic N) is 1. The van der Waals surface area contributed by atoms with Gasteiger partial charge in [0.15, 0.2) is 5.75 Å². The van der Waals surface area contributed by atoms with Crippen LogP contribution in [0.4, 0.5) is 10.5 Å². The summed E-state index contributed by atoms with van der Waals surface area (Å²) in [5.41, 5.74) is 0.495. The molecule has 2 amide bonds. The molecule has 6 nitrogen and oxygen atoms in total. The Hall–Kier alpha value is -2.44. The topological polar surface area (TPSA) is 67.9 Å². The number of anilines is 1. The first kappa shape index (κ1) is 17.9. The number of para-hydroxylation sites is 1. The fourth-order valence-corrected chi connectivity index (χ4v) is 2.32. The van der Waals surface area contributed by atoms with E-state index in [-0.39, 0.29) is 21.4 Å². The van der Waals surface area contributed by atoms with Crippen LogP contribution in [0.1, 0.15) is 10.4 Å². The summed E-state index contributed by atoms with van der Waals surface area (Å²) in [6, 6.07) is 11.0. The molecule has 0 aliphatic rings. The lowest BCUT2D eigenvalue weighted by atomic mass is 10.2. The summed E-state index contributed by atoms with van der Waals surface area (Å²) in [6.07, 6.45) is 0. The number of carbonyl (C=O) groups excluding carboxylic acids is 2. The van der Waals surface area contributed by atoms with E-state index < -0.39 is 12.0 Å². The third-order valence-corrected chi connectivity index (χ3v) is 3.61. The second kappa shape index (κ2) is 7.90. The van der Waals surface area contributed by atoms with E-state index in [1.807, 2.05) is 6.07 Å². The SMILES string of the molecule is COc1c(Cl)ccc(Cl)c1C(=O)ON(C)C(=O)Nc1ccccc1. The second-order valence-corrected chi connectivity index (χ2v) is 5.42. The highest BCUT2D eigenvalue weighted by Gasteiger charge is 2.24. The van der Waals surface area contributed by atoms with Gasteiger partial charge in [0.2, 0.25) is 0 Å². The maximum Gasteiger partial charge on any atom is 0.368 e. The number of rotatable bonds is 3. The molecule has 1 N–H and O–H groups in total. The van der Waals surface area contributed by atoms with E-state index in [1.165, 1.54) is 26.3 Å². The number of benzene rings is 2. The zero-order chi connectivity index (χ0) is 17.7. The molecule has 0 saturated heterocycles. The number of methoxy groups -OCH3 is 1. The van der Waals surface area contributed by atoms with Crippen LogP contribution < -0.4 is 10.1 Å². The van der Waals surface area contributed by atoms with Crippen LogP contribution in [0.15, 0.2) is 42.5 Å². The Morgan fingerprint density at radius 2 is 1.67 bits per heavy atom. The molecule has 8 heteroatoms. The highest BCUT2D eigenvalue weighted by atomic mass is 35.5. The van der Waals surface area contributed by atoms with Gasteiger partial charge in [0, 0.05) is 5.69 Å². The summed E-state index contributed by atoms with van der Waals surface area (Å²) < 4.78 is 5.08. The fraction of sp³-hybridized carbons (Fsp3) is 0.125. The second-order valence-electron chi connectivity index (χ2n) is 4.61. The minimum Gasteiger partial charge on any atom is -0.494 e. The molecule has 0 bridgehead atoms. The van der Waals surface area contributed by atoms with E-state index in [0.717, 1.165) is 5.06 Å². The zero-order valence-corrected chi connectivity index (χ0v) is 14.4. The Morgan fingerprint density at radius 3 is 2.29 bits per heavy atom. The summed E-state index contributed by atoms with van der Waals surface area (Å²) in [7, 11) is 2.64. The van der Waals surface area contributed by atoms with Crippen molar-refractivity contribution in [1.82, 2.24) is 5.06 Å². The van der Waals surface area contributed by atoms with E-state index in [9.17, 15) is 9.59 Å². The molecule has 0 radical (unpaired) electrons. The summed E-state index contributed by atoms with van der Waals surface area (Å²) in [5, 5.41) is 3.62. The van der Waals surface area contributed by atoms with E-state index >= 15 is 0 Å². The fourth-order valence-electron chi connectivity index (χ4n) is 1.86. The normalized spacial score (nSPS) is 10.0. The van der Waals surface area contributed by atoms with Crippen molar-refractivity contribution in [2.24, 2.45) is 0 Å². The molecule has 0 unspecified atom stereocenters. The predicted octanol–water partition coefficient (Wildman–Crippen LogP) is 4.24. The van der Waals surface area contributed by atoms with Crippen LogP contribution in [0.5, 0.6) is 5.75 Å². The highest BCUT2D eigenvalue weighted by molar-refractivity contribution is 6.37. The number of hydroxylamine groups is 2. The van der Waals surface area contributed by atoms with Crippen LogP contribution in [0.2, 0.25) is 10.0 Å². The molecular weight excluding hydrogens is 355 g/mol. The molecule has 0 aliphatic heterocycles. The van der Waals surface area contributed by atoms with E-state index in [0.29, 0.717) is 5.69 Å². The van der Waals surface area contributed by atoms with Gasteiger partial charge in [-0.2, -0.15) is 5.06 Å². The minimum absolute atomic E-state index is 0.0639. The van der Waals surface area contributed by atoms with E-state index in [1.54, 1.807) is 24.3 Å². The molecule has 24 heavy (non-hydrogen) atoms. The lowest BCUT2D eigenvalue weighted by molar-refractivity contribution is -0.0528. The van der Waals surface area contributed by atoms with Crippen LogP contribution in [0.3, 0.4) is 0 Å². The third-order valence-electron chi connectivity index (χ3n) is 3.00. The van der Waals surface area contributed by atoms with Crippen LogP contribution in [-0.4, -0.2) is 31.2 Å². The van der Waals surface area contributed by atoms with Gasteiger partial charge in [-0.15, -0.1) is 0 Å². The summed E-state index contributed by atoms with van der Waals surface area (Å²) >= 11 is 12.0. The number of halogens is 2. The Morgan fingerprint density at radius 1 is 1.04 bits per heavy atom. The molecule has 2 aromatic carbocycles. The number of hydrogen-bond acceptors (Lipinski definition) is 4. The number of carbonyl (C=O) groups is 2. The van der Waals surface area contributed by atoms with Crippen LogP contribution in [0, 0.1) is 0 Å². The van der Waals surface area contributed by atoms with Gasteiger partial charge in [-0.05, 0) is 24.3 Å². The van der Waals surface area contributed by atoms with Crippen molar-refractivity contribution in [2.75, 3.05) is 19.5 Å². The summed E-state index contributed by atoms with van der Waals surface area (Å²) in [5.74, 6) is -0.795. The van der Waals surface area contributed by atoms with Crippen molar-refractivity contribution >= 4 is 40.9 Å². The van der Waals surface area contributed by atoms with E-state index in [2.05, 4.69) is 5.32 Å². The summed E-state index contributed by atoms with van der Waals surface area (Å²) in [4.78, 5) is 29.3. The molecule has 0 aliphatic carbocycles. The molecule has 0 saturated carbocycles. The lowest BCUT2D eigenvalue weighted by Crippen LogP contribution is -2.33. The first-order valence-electron chi connectivity index (χ1n) is 6.78. The average molecular weight is 369 g/mol. The van der Waals surface area contributed by atoms with Crippen LogP contribution in [0.25, 0.3) is 0 Å². The number of amides is 2. The third kappa shape index (κ3) is 4.10. The molecular formula is C16H14Cl2N2O4. The van der Waals surface area contributed by atoms with Crippen molar-refractivity contribution in [1.29, 1.82) is 0 Å². The lowest BCUT2D eigenvalue weighted by Gasteiger charge is -2.18. The Kier molecular flexibility index (Phi) is 5.89. The first-order chi connectivity index (χ1) is 11.4. The number of nitrogens with one attached hydrogen (secondary N) is 1. The Bertz CT molecular complexity index is 753. The molecule has 0 fully saturated rings. The van der Waals surface area contributed by atoms with Crippen molar-refractivity contribution in [2.45, 2.75) is 0 Å². The van der Waals surface area contributed by atoms with Crippen molar-refractivity contribution in [3.8, 4) is 5.75 Å². The van der Waals surface area contributed by atoms with Crippen LogP contribution >= 0.6 is 23.2 Å². The number of ether oxygens (including phenoxy) is 1. The maximum atomic E-state index is 12.3. The van der Waals surface area contributed by atoms with Gasteiger partial charge in [-0.25, -0.2) is 9.59 Å². The zero-order valence-electron chi connectivity index (χ0n) is 12.9. The van der Waals surface area contributed by atoms with Gasteiger partial charge in [0.1, 0.15) is 5.56 Å². The quantitative estimate of drug-likeness (QED) is 0.822. The molecule has 0 atom stereocenters. The molecule has 126 valence electrons. The van der Waals surface area contributed by atoms with Gasteiger partial charge >= 0.3 is 12.0 Å². The Balaban J connectivity index is 2.12. The molecule has 2 aromatic rings. The van der Waals surface area contributed by atoms with E-state index in [4.69, 9.17) is 32.8 Å². The van der Waals surface area contributed by atoms with Gasteiger partial charge in [-0.3, -0.25) is 0 Å². The number of urea groups is 1. The largest absolute Gasteiger partial charge is 0.494 e. The predicted molar refractivity (Wildman–Crippen MR) is 91.7 cm³/mol. The standard InChI is InChI=1S/C16H14Cl2N2O4/c1-20(16(22)19-10-6-4-3-5-7-10)24-15(21)13-11(17)8-9-12(18)14(13)23-2/h3-9H,1-2H3,(H,19,22). The van der Waals surface area contributed by atoms with Crippen molar-refractivity contribution in [3.63, 3.8) is 0 Å². The number of hydrogen-bond donors (Lipinski definition) is 1. The maximum absolute atomic E-state index is 12.3. The van der Waals surface area contributed by atoms with Crippen LogP contribution in [-0.2, 0) is 4.84 Å². The molecule has 2 rings (SSSR count). The molecule has 0 heterocycles. The van der Waals surface area contributed by atoms with Gasteiger partial charge < -0.3 is 14.9 Å². The minimum atomic E-state index is -0.870.